The van der Waals surface area contributed by atoms with E-state index in [0.29, 0.717) is 11.3 Å². The molecule has 0 saturated heterocycles. The smallest absolute Gasteiger partial charge is 0.322 e. The number of hydrogen-bond donors (Lipinski definition) is 3. The van der Waals surface area contributed by atoms with Crippen LogP contribution in [-0.4, -0.2) is 28.9 Å². The molecule has 0 unspecified atom stereocenters. The van der Waals surface area contributed by atoms with Crippen LogP contribution in [0.1, 0.15) is 15.9 Å². The Hall–Kier alpha value is -3.85. The molecule has 0 radical (unpaired) electrons. The zero-order chi connectivity index (χ0) is 21.3. The first-order valence-corrected chi connectivity index (χ1v) is 9.52. The highest BCUT2D eigenvalue weighted by atomic mass is 79.9. The number of carbonyl (C=O) groups excluding carboxylic acids is 3. The Morgan fingerprint density at radius 2 is 1.67 bits per heavy atom. The van der Waals surface area contributed by atoms with Gasteiger partial charge in [0.05, 0.1) is 17.5 Å². The lowest BCUT2D eigenvalue weighted by molar-refractivity contribution is -0.136. The Morgan fingerprint density at radius 3 is 2.40 bits per heavy atom. The summed E-state index contributed by atoms with van der Waals surface area (Å²) in [7, 11) is 0. The maximum Gasteiger partial charge on any atom is 0.329 e. The van der Waals surface area contributed by atoms with Crippen molar-refractivity contribution in [2.24, 2.45) is 5.10 Å². The van der Waals surface area contributed by atoms with Crippen molar-refractivity contribution in [1.29, 1.82) is 0 Å². The molecular weight excluding hydrogens is 450 g/mol. The third kappa shape index (κ3) is 5.82. The number of amides is 3. The van der Waals surface area contributed by atoms with E-state index in [1.54, 1.807) is 67.0 Å². The molecule has 8 nitrogen and oxygen atoms in total. The molecule has 0 bridgehead atoms. The number of anilines is 2. The highest BCUT2D eigenvalue weighted by molar-refractivity contribution is 9.10. The first kappa shape index (κ1) is 20.9. The fraction of sp³-hybridized carbons (Fsp3) is 0. The van der Waals surface area contributed by atoms with Crippen LogP contribution in [-0.2, 0) is 9.59 Å². The van der Waals surface area contributed by atoms with Crippen LogP contribution < -0.4 is 16.1 Å². The molecule has 0 spiro atoms. The lowest BCUT2D eigenvalue weighted by Crippen LogP contribution is -2.33. The molecule has 3 N–H and O–H groups in total. The molecule has 0 aliphatic heterocycles. The Bertz CT molecular complexity index is 1090. The van der Waals surface area contributed by atoms with Crippen LogP contribution >= 0.6 is 15.9 Å². The average molecular weight is 466 g/mol. The van der Waals surface area contributed by atoms with Crippen LogP contribution in [0.3, 0.4) is 0 Å². The van der Waals surface area contributed by atoms with E-state index in [-0.39, 0.29) is 11.3 Å². The zero-order valence-corrected chi connectivity index (χ0v) is 17.1. The summed E-state index contributed by atoms with van der Waals surface area (Å²) in [4.78, 5) is 40.7. The Labute approximate surface area is 180 Å². The number of hydrogen-bond acceptors (Lipinski definition) is 5. The molecule has 30 heavy (non-hydrogen) atoms. The quantitative estimate of drug-likeness (QED) is 0.305. The minimum Gasteiger partial charge on any atom is -0.322 e. The van der Waals surface area contributed by atoms with Gasteiger partial charge in [0.15, 0.2) is 0 Å². The number of nitrogens with one attached hydrogen (secondary N) is 3. The summed E-state index contributed by atoms with van der Waals surface area (Å²) in [6, 6.07) is 16.9. The predicted octanol–water partition coefficient (Wildman–Crippen LogP) is 3.19. The van der Waals surface area contributed by atoms with E-state index >= 15 is 0 Å². The number of benzene rings is 2. The Kier molecular flexibility index (Phi) is 7.01. The van der Waals surface area contributed by atoms with E-state index < -0.39 is 17.7 Å². The van der Waals surface area contributed by atoms with Gasteiger partial charge >= 0.3 is 11.8 Å². The third-order valence-electron chi connectivity index (χ3n) is 3.79. The second kappa shape index (κ2) is 10.1. The molecule has 3 amide bonds. The van der Waals surface area contributed by atoms with Crippen molar-refractivity contribution in [2.45, 2.75) is 0 Å². The molecule has 150 valence electrons. The van der Waals surface area contributed by atoms with Gasteiger partial charge in [-0.15, -0.1) is 0 Å². The van der Waals surface area contributed by atoms with Gasteiger partial charge in [-0.2, -0.15) is 5.10 Å². The molecular formula is C21H16BrN5O3. The first-order chi connectivity index (χ1) is 14.5. The van der Waals surface area contributed by atoms with Crippen LogP contribution in [0.4, 0.5) is 11.4 Å². The summed E-state index contributed by atoms with van der Waals surface area (Å²) in [6.07, 6.45) is 4.52. The summed E-state index contributed by atoms with van der Waals surface area (Å²) in [5, 5.41) is 8.89. The minimum absolute atomic E-state index is 0.198. The largest absolute Gasteiger partial charge is 0.329 e. The van der Waals surface area contributed by atoms with E-state index in [2.05, 4.69) is 42.1 Å². The highest BCUT2D eigenvalue weighted by Crippen LogP contribution is 2.19. The van der Waals surface area contributed by atoms with Crippen molar-refractivity contribution in [3.63, 3.8) is 0 Å². The second-order valence-electron chi connectivity index (χ2n) is 5.95. The molecule has 1 aromatic heterocycles. The third-order valence-corrected chi connectivity index (χ3v) is 4.32. The molecule has 3 rings (SSSR count). The molecule has 0 saturated carbocycles. The van der Waals surface area contributed by atoms with Crippen molar-refractivity contribution < 1.29 is 14.4 Å². The zero-order valence-electron chi connectivity index (χ0n) is 15.5. The Balaban J connectivity index is 1.64. The van der Waals surface area contributed by atoms with E-state index in [1.165, 1.54) is 12.3 Å². The second-order valence-corrected chi connectivity index (χ2v) is 6.86. The normalized spacial score (nSPS) is 10.4. The van der Waals surface area contributed by atoms with Gasteiger partial charge in [-0.3, -0.25) is 19.4 Å². The number of para-hydroxylation sites is 1. The van der Waals surface area contributed by atoms with Crippen LogP contribution in [0.15, 0.2) is 82.6 Å². The van der Waals surface area contributed by atoms with E-state index in [0.717, 1.165) is 4.47 Å². The van der Waals surface area contributed by atoms with Gasteiger partial charge in [0, 0.05) is 28.1 Å². The molecule has 9 heteroatoms. The maximum atomic E-state index is 12.6. The lowest BCUT2D eigenvalue weighted by atomic mass is 10.1. The standard InChI is InChI=1S/C21H16BrN5O3/c22-15-7-9-16(10-8-15)25-19(28)17-5-1-2-6-18(17)26-20(29)21(30)27-24-13-14-4-3-11-23-12-14/h1-13H,(H,25,28)(H,26,29)(H,27,30). The molecule has 0 atom stereocenters. The summed E-state index contributed by atoms with van der Waals surface area (Å²) in [6.45, 7) is 0. The van der Waals surface area contributed by atoms with Crippen molar-refractivity contribution in [3.05, 3.63) is 88.7 Å². The van der Waals surface area contributed by atoms with Gasteiger partial charge in [-0.25, -0.2) is 5.43 Å². The summed E-state index contributed by atoms with van der Waals surface area (Å²) in [5.41, 5.74) is 3.79. The molecule has 3 aromatic rings. The summed E-state index contributed by atoms with van der Waals surface area (Å²) < 4.78 is 0.880. The van der Waals surface area contributed by atoms with Gasteiger partial charge < -0.3 is 10.6 Å². The topological polar surface area (TPSA) is 113 Å². The number of carbonyl (C=O) groups is 3. The number of pyridine rings is 1. The lowest BCUT2D eigenvalue weighted by Gasteiger charge is -2.11. The predicted molar refractivity (Wildman–Crippen MR) is 117 cm³/mol. The van der Waals surface area contributed by atoms with Crippen LogP contribution in [0.25, 0.3) is 0 Å². The number of hydrazone groups is 1. The Morgan fingerprint density at radius 1 is 0.900 bits per heavy atom. The number of rotatable bonds is 5. The number of nitrogens with zero attached hydrogens (tertiary/aromatic N) is 2. The van der Waals surface area contributed by atoms with Gasteiger partial charge in [-0.05, 0) is 42.5 Å². The SMILES string of the molecule is O=C(NN=Cc1cccnc1)C(=O)Nc1ccccc1C(=O)Nc1ccc(Br)cc1. The maximum absolute atomic E-state index is 12.6. The van der Waals surface area contributed by atoms with Gasteiger partial charge in [0.2, 0.25) is 0 Å². The summed E-state index contributed by atoms with van der Waals surface area (Å²) in [5.74, 6) is -2.36. The number of aromatic nitrogens is 1. The van der Waals surface area contributed by atoms with Crippen LogP contribution in [0, 0.1) is 0 Å². The van der Waals surface area contributed by atoms with Crippen molar-refractivity contribution in [2.75, 3.05) is 10.6 Å². The van der Waals surface area contributed by atoms with Gasteiger partial charge in [0.1, 0.15) is 0 Å². The van der Waals surface area contributed by atoms with Crippen LogP contribution in [0.5, 0.6) is 0 Å². The highest BCUT2D eigenvalue weighted by Gasteiger charge is 2.17. The summed E-state index contributed by atoms with van der Waals surface area (Å²) >= 11 is 3.33. The van der Waals surface area contributed by atoms with Crippen molar-refractivity contribution in [3.8, 4) is 0 Å². The minimum atomic E-state index is -0.974. The van der Waals surface area contributed by atoms with E-state index in [9.17, 15) is 14.4 Å². The van der Waals surface area contributed by atoms with E-state index in [1.807, 2.05) is 0 Å². The van der Waals surface area contributed by atoms with Crippen molar-refractivity contribution in [1.82, 2.24) is 10.4 Å². The molecule has 0 aliphatic rings. The van der Waals surface area contributed by atoms with Crippen molar-refractivity contribution >= 4 is 51.2 Å². The monoisotopic (exact) mass is 465 g/mol. The molecule has 0 fully saturated rings. The average Bonchev–Trinajstić information content (AvgIpc) is 2.76. The fourth-order valence-corrected chi connectivity index (χ4v) is 2.63. The number of halogens is 1. The van der Waals surface area contributed by atoms with Gasteiger partial charge in [-0.1, -0.05) is 34.1 Å². The molecule has 2 aromatic carbocycles. The fourth-order valence-electron chi connectivity index (χ4n) is 2.37. The molecule has 0 aliphatic carbocycles. The van der Waals surface area contributed by atoms with E-state index in [4.69, 9.17) is 0 Å². The first-order valence-electron chi connectivity index (χ1n) is 8.73. The van der Waals surface area contributed by atoms with Crippen LogP contribution in [0.2, 0.25) is 0 Å². The van der Waals surface area contributed by atoms with Gasteiger partial charge in [0.25, 0.3) is 5.91 Å². The molecule has 1 heterocycles.